The van der Waals surface area contributed by atoms with Crippen LogP contribution >= 0.6 is 0 Å². The lowest BCUT2D eigenvalue weighted by atomic mass is 10.3. The predicted octanol–water partition coefficient (Wildman–Crippen LogP) is 1.86. The number of amides is 2. The first-order chi connectivity index (χ1) is 8.13. The summed E-state index contributed by atoms with van der Waals surface area (Å²) in [6, 6.07) is 2.34. The van der Waals surface area contributed by atoms with Gasteiger partial charge in [-0.2, -0.15) is 0 Å². The molecule has 1 rings (SSSR count). The Bertz CT molecular complexity index is 386. The van der Waals surface area contributed by atoms with Gasteiger partial charge in [0, 0.05) is 19.2 Å². The number of carbonyl (C=O) groups excluding carboxylic acids is 1. The molecule has 0 bridgehead atoms. The summed E-state index contributed by atoms with van der Waals surface area (Å²) in [6.07, 6.45) is 1.22. The molecule has 6 heteroatoms. The van der Waals surface area contributed by atoms with E-state index in [1.165, 1.54) is 0 Å². The Kier molecular flexibility index (Phi) is 5.35. The molecule has 0 atom stereocenters. The summed E-state index contributed by atoms with van der Waals surface area (Å²) in [5, 5.41) is 13.3. The maximum absolute atomic E-state index is 13.1. The topological polar surface area (TPSA) is 61.4 Å². The van der Waals surface area contributed by atoms with E-state index in [1.807, 2.05) is 0 Å². The molecule has 0 saturated carbocycles. The molecule has 0 spiro atoms. The first-order valence-corrected chi connectivity index (χ1v) is 5.24. The third-order valence-corrected chi connectivity index (χ3v) is 2.05. The van der Waals surface area contributed by atoms with Crippen LogP contribution in [0, 0.1) is 11.6 Å². The van der Waals surface area contributed by atoms with E-state index in [-0.39, 0.29) is 12.3 Å². The number of aliphatic hydroxyl groups is 1. The predicted molar refractivity (Wildman–Crippen MR) is 59.7 cm³/mol. The zero-order valence-electron chi connectivity index (χ0n) is 9.17. The molecular weight excluding hydrogens is 230 g/mol. The normalized spacial score (nSPS) is 10.1. The van der Waals surface area contributed by atoms with E-state index in [1.54, 1.807) is 0 Å². The summed E-state index contributed by atoms with van der Waals surface area (Å²) in [7, 11) is 0. The molecule has 0 aliphatic carbocycles. The molecule has 0 aromatic heterocycles. The number of aliphatic hydroxyl groups excluding tert-OH is 1. The molecule has 1 aromatic carbocycles. The second kappa shape index (κ2) is 6.80. The van der Waals surface area contributed by atoms with Gasteiger partial charge in [-0.1, -0.05) is 0 Å². The average Bonchev–Trinajstić information content (AvgIpc) is 2.28. The van der Waals surface area contributed by atoms with Crippen molar-refractivity contribution in [2.45, 2.75) is 12.8 Å². The number of hydrogen-bond donors (Lipinski definition) is 3. The van der Waals surface area contributed by atoms with Gasteiger partial charge in [0.2, 0.25) is 0 Å². The highest BCUT2D eigenvalue weighted by molar-refractivity contribution is 5.89. The highest BCUT2D eigenvalue weighted by Crippen LogP contribution is 2.14. The largest absolute Gasteiger partial charge is 0.396 e. The van der Waals surface area contributed by atoms with Crippen molar-refractivity contribution in [3.63, 3.8) is 0 Å². The van der Waals surface area contributed by atoms with Crippen molar-refractivity contribution in [1.82, 2.24) is 5.32 Å². The van der Waals surface area contributed by atoms with Crippen LogP contribution in [0.5, 0.6) is 0 Å². The van der Waals surface area contributed by atoms with Crippen LogP contribution in [0.4, 0.5) is 19.3 Å². The third-order valence-electron chi connectivity index (χ3n) is 2.05. The van der Waals surface area contributed by atoms with Crippen LogP contribution < -0.4 is 10.6 Å². The minimum absolute atomic E-state index is 0.0654. The number of hydrogen-bond acceptors (Lipinski definition) is 2. The van der Waals surface area contributed by atoms with Crippen LogP contribution in [-0.2, 0) is 0 Å². The zero-order valence-corrected chi connectivity index (χ0v) is 9.17. The van der Waals surface area contributed by atoms with E-state index in [4.69, 9.17) is 5.11 Å². The fraction of sp³-hybridized carbons (Fsp3) is 0.364. The minimum atomic E-state index is -0.824. The summed E-state index contributed by atoms with van der Waals surface area (Å²) >= 11 is 0. The average molecular weight is 244 g/mol. The van der Waals surface area contributed by atoms with Crippen LogP contribution in [0.15, 0.2) is 18.2 Å². The fourth-order valence-electron chi connectivity index (χ4n) is 1.20. The number of nitrogens with one attached hydrogen (secondary N) is 2. The number of benzene rings is 1. The molecule has 94 valence electrons. The highest BCUT2D eigenvalue weighted by atomic mass is 19.1. The number of halogens is 2. The van der Waals surface area contributed by atoms with E-state index in [9.17, 15) is 13.6 Å². The van der Waals surface area contributed by atoms with Crippen LogP contribution in [0.25, 0.3) is 0 Å². The van der Waals surface area contributed by atoms with E-state index >= 15 is 0 Å². The summed E-state index contributed by atoms with van der Waals surface area (Å²) in [5.41, 5.74) is -0.0777. The molecule has 0 fully saturated rings. The zero-order chi connectivity index (χ0) is 12.7. The van der Waals surface area contributed by atoms with Gasteiger partial charge in [-0.25, -0.2) is 13.6 Å². The molecule has 0 heterocycles. The SMILES string of the molecule is O=C(NCCCCO)Nc1ccc(F)cc1F. The molecule has 2 amide bonds. The van der Waals surface area contributed by atoms with E-state index < -0.39 is 17.7 Å². The Morgan fingerprint density at radius 1 is 1.29 bits per heavy atom. The van der Waals surface area contributed by atoms with Crippen molar-refractivity contribution in [1.29, 1.82) is 0 Å². The standard InChI is InChI=1S/C11H14F2N2O2/c12-8-3-4-10(9(13)7-8)15-11(17)14-5-1-2-6-16/h3-4,7,16H,1-2,5-6H2,(H2,14,15,17). The number of anilines is 1. The van der Waals surface area contributed by atoms with Crippen molar-refractivity contribution in [2.75, 3.05) is 18.5 Å². The summed E-state index contributed by atoms with van der Waals surface area (Å²) in [4.78, 5) is 11.3. The second-order valence-corrected chi connectivity index (χ2v) is 3.44. The van der Waals surface area contributed by atoms with Crippen molar-refractivity contribution in [3.05, 3.63) is 29.8 Å². The Morgan fingerprint density at radius 3 is 2.71 bits per heavy atom. The van der Waals surface area contributed by atoms with Gasteiger partial charge < -0.3 is 15.7 Å². The van der Waals surface area contributed by atoms with Gasteiger partial charge in [0.15, 0.2) is 0 Å². The van der Waals surface area contributed by atoms with Crippen molar-refractivity contribution >= 4 is 11.7 Å². The molecule has 0 saturated heterocycles. The summed E-state index contributed by atoms with van der Waals surface area (Å²) in [6.45, 7) is 0.450. The molecule has 0 radical (unpaired) electrons. The molecule has 17 heavy (non-hydrogen) atoms. The lowest BCUT2D eigenvalue weighted by Crippen LogP contribution is -2.30. The number of carbonyl (C=O) groups is 1. The van der Waals surface area contributed by atoms with Crippen LogP contribution in [0.3, 0.4) is 0 Å². The molecule has 3 N–H and O–H groups in total. The van der Waals surface area contributed by atoms with Crippen LogP contribution in [-0.4, -0.2) is 24.3 Å². The van der Waals surface area contributed by atoms with Crippen LogP contribution in [0.2, 0.25) is 0 Å². The summed E-state index contributed by atoms with van der Waals surface area (Å²) < 4.78 is 25.7. The van der Waals surface area contributed by atoms with Gasteiger partial charge in [-0.15, -0.1) is 0 Å². The van der Waals surface area contributed by atoms with E-state index in [0.29, 0.717) is 25.5 Å². The Labute approximate surface area is 97.6 Å². The minimum Gasteiger partial charge on any atom is -0.396 e. The van der Waals surface area contributed by atoms with E-state index in [2.05, 4.69) is 10.6 Å². The van der Waals surface area contributed by atoms with Gasteiger partial charge in [-0.3, -0.25) is 0 Å². The van der Waals surface area contributed by atoms with Gasteiger partial charge in [0.1, 0.15) is 11.6 Å². The van der Waals surface area contributed by atoms with Crippen molar-refractivity contribution in [2.24, 2.45) is 0 Å². The second-order valence-electron chi connectivity index (χ2n) is 3.44. The van der Waals surface area contributed by atoms with Gasteiger partial charge >= 0.3 is 6.03 Å². The molecule has 0 aliphatic heterocycles. The Balaban J connectivity index is 2.40. The van der Waals surface area contributed by atoms with Gasteiger partial charge in [-0.05, 0) is 25.0 Å². The monoisotopic (exact) mass is 244 g/mol. The van der Waals surface area contributed by atoms with Crippen molar-refractivity contribution in [3.8, 4) is 0 Å². The number of urea groups is 1. The fourth-order valence-corrected chi connectivity index (χ4v) is 1.20. The Morgan fingerprint density at radius 2 is 2.06 bits per heavy atom. The summed E-state index contributed by atoms with van der Waals surface area (Å²) in [5.74, 6) is -1.52. The molecule has 1 aromatic rings. The lowest BCUT2D eigenvalue weighted by Gasteiger charge is -2.07. The molecule has 4 nitrogen and oxygen atoms in total. The van der Waals surface area contributed by atoms with E-state index in [0.717, 1.165) is 12.1 Å². The van der Waals surface area contributed by atoms with Crippen molar-refractivity contribution < 1.29 is 18.7 Å². The molecule has 0 unspecified atom stereocenters. The Hall–Kier alpha value is -1.69. The first kappa shape index (κ1) is 13.4. The quantitative estimate of drug-likeness (QED) is 0.692. The first-order valence-electron chi connectivity index (χ1n) is 5.24. The third kappa shape index (κ3) is 4.78. The lowest BCUT2D eigenvalue weighted by molar-refractivity contribution is 0.250. The molecular formula is C11H14F2N2O2. The van der Waals surface area contributed by atoms with Gasteiger partial charge in [0.25, 0.3) is 0 Å². The van der Waals surface area contributed by atoms with Crippen LogP contribution in [0.1, 0.15) is 12.8 Å². The number of unbranched alkanes of at least 4 members (excludes halogenated alkanes) is 1. The maximum Gasteiger partial charge on any atom is 0.319 e. The number of rotatable bonds is 5. The van der Waals surface area contributed by atoms with Gasteiger partial charge in [0.05, 0.1) is 5.69 Å². The molecule has 0 aliphatic rings. The highest BCUT2D eigenvalue weighted by Gasteiger charge is 2.06. The maximum atomic E-state index is 13.1. The smallest absolute Gasteiger partial charge is 0.319 e.